The standard InChI is InChI=1S/C17H23N3/c1-10-6-17(16(9-18)12(3)19-10)20-11(2)15-8-13-4-5-14(15)7-13/h6,11,13-15H,4-5,7-8H2,1-3H3,(H,19,20). The summed E-state index contributed by atoms with van der Waals surface area (Å²) in [4.78, 5) is 4.39. The fraction of sp³-hybridized carbons (Fsp3) is 0.647. The van der Waals surface area contributed by atoms with Crippen LogP contribution >= 0.6 is 0 Å². The molecule has 4 atom stereocenters. The van der Waals surface area contributed by atoms with Crippen LogP contribution in [-0.4, -0.2) is 11.0 Å². The maximum Gasteiger partial charge on any atom is 0.103 e. The number of nitrogens with zero attached hydrogens (tertiary/aromatic N) is 2. The van der Waals surface area contributed by atoms with Gasteiger partial charge < -0.3 is 5.32 Å². The van der Waals surface area contributed by atoms with Crippen molar-refractivity contribution in [2.24, 2.45) is 17.8 Å². The van der Waals surface area contributed by atoms with Crippen molar-refractivity contribution in [1.29, 1.82) is 5.26 Å². The van der Waals surface area contributed by atoms with Crippen LogP contribution in [0.4, 0.5) is 5.69 Å². The molecule has 1 heterocycles. The van der Waals surface area contributed by atoms with Crippen LogP contribution in [0.15, 0.2) is 6.07 Å². The molecular weight excluding hydrogens is 246 g/mol. The molecule has 0 aromatic carbocycles. The molecule has 20 heavy (non-hydrogen) atoms. The van der Waals surface area contributed by atoms with Crippen molar-refractivity contribution in [3.05, 3.63) is 23.0 Å². The van der Waals surface area contributed by atoms with E-state index in [0.29, 0.717) is 11.6 Å². The van der Waals surface area contributed by atoms with E-state index in [1.54, 1.807) is 0 Å². The van der Waals surface area contributed by atoms with E-state index < -0.39 is 0 Å². The van der Waals surface area contributed by atoms with Crippen LogP contribution in [0.1, 0.15) is 49.6 Å². The Labute approximate surface area is 121 Å². The maximum absolute atomic E-state index is 9.34. The highest BCUT2D eigenvalue weighted by molar-refractivity contribution is 5.60. The van der Waals surface area contributed by atoms with Crippen LogP contribution in [0.3, 0.4) is 0 Å². The van der Waals surface area contributed by atoms with E-state index in [1.807, 2.05) is 19.9 Å². The quantitative estimate of drug-likeness (QED) is 0.907. The molecule has 2 aliphatic rings. The lowest BCUT2D eigenvalue weighted by Crippen LogP contribution is -2.30. The number of fused-ring (bicyclic) bond motifs is 2. The predicted octanol–water partition coefficient (Wildman–Crippen LogP) is 3.81. The lowest BCUT2D eigenvalue weighted by molar-refractivity contribution is 0.304. The molecule has 3 rings (SSSR count). The number of aryl methyl sites for hydroxylation is 2. The number of nitrogens with one attached hydrogen (secondary N) is 1. The van der Waals surface area contributed by atoms with Crippen LogP contribution in [0, 0.1) is 42.9 Å². The SMILES string of the molecule is Cc1cc(NC(C)C2CC3CCC2C3)c(C#N)c(C)n1. The fourth-order valence-corrected chi connectivity index (χ4v) is 4.34. The lowest BCUT2D eigenvalue weighted by atomic mass is 9.84. The second kappa shape index (κ2) is 5.09. The van der Waals surface area contributed by atoms with Crippen LogP contribution in [0.2, 0.25) is 0 Å². The van der Waals surface area contributed by atoms with E-state index in [0.717, 1.165) is 34.8 Å². The van der Waals surface area contributed by atoms with Crippen LogP contribution < -0.4 is 5.32 Å². The van der Waals surface area contributed by atoms with E-state index in [9.17, 15) is 5.26 Å². The maximum atomic E-state index is 9.34. The number of hydrogen-bond acceptors (Lipinski definition) is 3. The topological polar surface area (TPSA) is 48.7 Å². The summed E-state index contributed by atoms with van der Waals surface area (Å²) in [5, 5.41) is 13.0. The first-order chi connectivity index (χ1) is 9.58. The van der Waals surface area contributed by atoms with Gasteiger partial charge >= 0.3 is 0 Å². The summed E-state index contributed by atoms with van der Waals surface area (Å²) in [6.45, 7) is 6.18. The summed E-state index contributed by atoms with van der Waals surface area (Å²) in [5.41, 5.74) is 3.47. The second-order valence-electron chi connectivity index (χ2n) is 6.66. The van der Waals surface area contributed by atoms with Gasteiger partial charge in [-0.15, -0.1) is 0 Å². The molecule has 106 valence electrons. The molecule has 1 N–H and O–H groups in total. The number of anilines is 1. The number of hydrogen-bond donors (Lipinski definition) is 1. The van der Waals surface area contributed by atoms with Gasteiger partial charge in [0.25, 0.3) is 0 Å². The average Bonchev–Trinajstić information content (AvgIpc) is 3.00. The molecule has 0 saturated heterocycles. The fourth-order valence-electron chi connectivity index (χ4n) is 4.34. The zero-order valence-electron chi connectivity index (χ0n) is 12.6. The first-order valence-electron chi connectivity index (χ1n) is 7.73. The highest BCUT2D eigenvalue weighted by Crippen LogP contribution is 2.49. The molecule has 0 spiro atoms. The van der Waals surface area contributed by atoms with Gasteiger partial charge in [0, 0.05) is 11.7 Å². The minimum absolute atomic E-state index is 0.443. The van der Waals surface area contributed by atoms with Gasteiger partial charge in [0.05, 0.1) is 16.9 Å². The van der Waals surface area contributed by atoms with Gasteiger partial charge in [-0.1, -0.05) is 6.42 Å². The van der Waals surface area contributed by atoms with Crippen molar-refractivity contribution in [3.8, 4) is 6.07 Å². The van der Waals surface area contributed by atoms with Gasteiger partial charge in [-0.2, -0.15) is 5.26 Å². The zero-order valence-corrected chi connectivity index (χ0v) is 12.6. The Morgan fingerprint density at radius 3 is 2.75 bits per heavy atom. The van der Waals surface area contributed by atoms with E-state index in [-0.39, 0.29) is 0 Å². The molecule has 0 aliphatic heterocycles. The van der Waals surface area contributed by atoms with Gasteiger partial charge in [-0.25, -0.2) is 0 Å². The summed E-state index contributed by atoms with van der Waals surface area (Å²) in [5.74, 6) is 2.64. The minimum atomic E-state index is 0.443. The molecule has 0 radical (unpaired) electrons. The van der Waals surface area contributed by atoms with Gasteiger partial charge in [0.1, 0.15) is 6.07 Å². The van der Waals surface area contributed by atoms with Crippen molar-refractivity contribution in [1.82, 2.24) is 4.98 Å². The highest BCUT2D eigenvalue weighted by atomic mass is 14.9. The third kappa shape index (κ3) is 2.28. The van der Waals surface area contributed by atoms with Crippen LogP contribution in [0.5, 0.6) is 0 Å². The van der Waals surface area contributed by atoms with Crippen molar-refractivity contribution in [3.63, 3.8) is 0 Å². The highest BCUT2D eigenvalue weighted by Gasteiger charge is 2.41. The molecule has 2 aliphatic carbocycles. The van der Waals surface area contributed by atoms with E-state index in [4.69, 9.17) is 0 Å². The number of rotatable bonds is 3. The van der Waals surface area contributed by atoms with Crippen molar-refractivity contribution < 1.29 is 0 Å². The molecule has 1 aromatic heterocycles. The third-order valence-electron chi connectivity index (χ3n) is 5.26. The number of nitriles is 1. The Morgan fingerprint density at radius 1 is 1.35 bits per heavy atom. The van der Waals surface area contributed by atoms with E-state index in [2.05, 4.69) is 23.3 Å². The molecular formula is C17H23N3. The average molecular weight is 269 g/mol. The smallest absolute Gasteiger partial charge is 0.103 e. The minimum Gasteiger partial charge on any atom is -0.381 e. The molecule has 2 bridgehead atoms. The molecule has 1 aromatic rings. The second-order valence-corrected chi connectivity index (χ2v) is 6.66. The number of pyridine rings is 1. The Morgan fingerprint density at radius 2 is 2.15 bits per heavy atom. The summed E-state index contributed by atoms with van der Waals surface area (Å²) in [7, 11) is 0. The van der Waals surface area contributed by atoms with Crippen molar-refractivity contribution in [2.75, 3.05) is 5.32 Å². The third-order valence-corrected chi connectivity index (χ3v) is 5.26. The van der Waals surface area contributed by atoms with Crippen LogP contribution in [0.25, 0.3) is 0 Å². The molecule has 2 saturated carbocycles. The Balaban J connectivity index is 1.79. The van der Waals surface area contributed by atoms with Crippen LogP contribution in [-0.2, 0) is 0 Å². The largest absolute Gasteiger partial charge is 0.381 e. The predicted molar refractivity (Wildman–Crippen MR) is 80.4 cm³/mol. The summed E-state index contributed by atoms with van der Waals surface area (Å²) in [6.07, 6.45) is 5.63. The summed E-state index contributed by atoms with van der Waals surface area (Å²) >= 11 is 0. The normalized spacial score (nSPS) is 29.2. The number of aromatic nitrogens is 1. The molecule has 0 amide bonds. The van der Waals surface area contributed by atoms with E-state index >= 15 is 0 Å². The summed E-state index contributed by atoms with van der Waals surface area (Å²) < 4.78 is 0. The zero-order chi connectivity index (χ0) is 14.3. The first kappa shape index (κ1) is 13.4. The van der Waals surface area contributed by atoms with Crippen molar-refractivity contribution in [2.45, 2.75) is 52.5 Å². The molecule has 3 nitrogen and oxygen atoms in total. The Kier molecular flexibility index (Phi) is 3.41. The Hall–Kier alpha value is -1.56. The van der Waals surface area contributed by atoms with Crippen molar-refractivity contribution >= 4 is 5.69 Å². The lowest BCUT2D eigenvalue weighted by Gasteiger charge is -2.29. The Bertz CT molecular complexity index is 558. The molecule has 3 heteroatoms. The van der Waals surface area contributed by atoms with Gasteiger partial charge in [-0.05, 0) is 63.9 Å². The summed E-state index contributed by atoms with van der Waals surface area (Å²) in [6, 6.07) is 4.75. The van der Waals surface area contributed by atoms with Gasteiger partial charge in [0.2, 0.25) is 0 Å². The van der Waals surface area contributed by atoms with Gasteiger partial charge in [0.15, 0.2) is 0 Å². The monoisotopic (exact) mass is 269 g/mol. The first-order valence-corrected chi connectivity index (χ1v) is 7.73. The molecule has 2 fully saturated rings. The van der Waals surface area contributed by atoms with E-state index in [1.165, 1.54) is 25.7 Å². The molecule has 4 unspecified atom stereocenters. The van der Waals surface area contributed by atoms with Gasteiger partial charge in [-0.3, -0.25) is 4.98 Å².